The van der Waals surface area contributed by atoms with Gasteiger partial charge in [0.15, 0.2) is 0 Å². The smallest absolute Gasteiger partial charge is 0.221 e. The van der Waals surface area contributed by atoms with Crippen LogP contribution in [0.1, 0.15) is 13.0 Å². The number of ether oxygens (including phenoxy) is 1. The van der Waals surface area contributed by atoms with Gasteiger partial charge >= 0.3 is 0 Å². The number of nitrogens with zero attached hydrogens (tertiary/aromatic N) is 2. The van der Waals surface area contributed by atoms with Gasteiger partial charge in [-0.1, -0.05) is 0 Å². The van der Waals surface area contributed by atoms with Crippen LogP contribution in [-0.2, 0) is 9.53 Å². The number of nitrogens with one attached hydrogen (secondary N) is 1. The lowest BCUT2D eigenvalue weighted by molar-refractivity contribution is -0.114. The van der Waals surface area contributed by atoms with Crippen LogP contribution < -0.4 is 5.32 Å². The molecule has 0 spiro atoms. The molecule has 1 N–H and O–H groups in total. The highest BCUT2D eigenvalue weighted by Crippen LogP contribution is 2.17. The molecule has 0 atom stereocenters. The maximum Gasteiger partial charge on any atom is 0.221 e. The van der Waals surface area contributed by atoms with E-state index in [9.17, 15) is 4.79 Å². The molecule has 13 heavy (non-hydrogen) atoms. The summed E-state index contributed by atoms with van der Waals surface area (Å²) >= 11 is 0. The van der Waals surface area contributed by atoms with E-state index in [-0.39, 0.29) is 5.91 Å². The Labute approximate surface area is 75.7 Å². The minimum absolute atomic E-state index is 0.0793. The van der Waals surface area contributed by atoms with Crippen molar-refractivity contribution in [3.05, 3.63) is 12.4 Å². The lowest BCUT2D eigenvalue weighted by atomic mass is 10.3. The summed E-state index contributed by atoms with van der Waals surface area (Å²) in [6, 6.07) is 0.336. The first-order chi connectivity index (χ1) is 6.25. The van der Waals surface area contributed by atoms with Gasteiger partial charge in [-0.2, -0.15) is 5.10 Å². The lowest BCUT2D eigenvalue weighted by Gasteiger charge is -2.25. The van der Waals surface area contributed by atoms with Crippen molar-refractivity contribution in [1.82, 2.24) is 9.78 Å². The lowest BCUT2D eigenvalue weighted by Crippen LogP contribution is -2.30. The van der Waals surface area contributed by atoms with Crippen LogP contribution in [0.5, 0.6) is 0 Å². The van der Waals surface area contributed by atoms with E-state index in [1.165, 1.54) is 6.92 Å². The molecule has 0 aromatic carbocycles. The van der Waals surface area contributed by atoms with Gasteiger partial charge in [0.1, 0.15) is 0 Å². The third kappa shape index (κ3) is 1.70. The summed E-state index contributed by atoms with van der Waals surface area (Å²) in [5.74, 6) is -0.0793. The Balaban J connectivity index is 2.04. The van der Waals surface area contributed by atoms with E-state index in [0.717, 1.165) is 5.69 Å². The molecule has 2 rings (SSSR count). The van der Waals surface area contributed by atoms with Crippen molar-refractivity contribution >= 4 is 11.6 Å². The van der Waals surface area contributed by atoms with Gasteiger partial charge in [-0.3, -0.25) is 9.48 Å². The van der Waals surface area contributed by atoms with Crippen LogP contribution in [0.15, 0.2) is 12.4 Å². The summed E-state index contributed by atoms with van der Waals surface area (Å²) in [5.41, 5.74) is 0.736. The van der Waals surface area contributed by atoms with E-state index >= 15 is 0 Å². The molecule has 1 aliphatic rings. The predicted molar refractivity (Wildman–Crippen MR) is 46.4 cm³/mol. The van der Waals surface area contributed by atoms with Crippen molar-refractivity contribution in [2.75, 3.05) is 18.5 Å². The van der Waals surface area contributed by atoms with Crippen LogP contribution in [0.3, 0.4) is 0 Å². The zero-order chi connectivity index (χ0) is 9.26. The fourth-order valence-corrected chi connectivity index (χ4v) is 1.18. The molecule has 0 saturated carbocycles. The first-order valence-electron chi connectivity index (χ1n) is 4.15. The third-order valence-electron chi connectivity index (χ3n) is 1.92. The molecular weight excluding hydrogens is 170 g/mol. The Morgan fingerprint density at radius 1 is 1.77 bits per heavy atom. The summed E-state index contributed by atoms with van der Waals surface area (Å²) in [5, 5.41) is 6.78. The summed E-state index contributed by atoms with van der Waals surface area (Å²) in [4.78, 5) is 10.7. The normalized spacial score (nSPS) is 16.7. The molecule has 0 radical (unpaired) electrons. The third-order valence-corrected chi connectivity index (χ3v) is 1.92. The number of carbonyl (C=O) groups is 1. The summed E-state index contributed by atoms with van der Waals surface area (Å²) in [6.07, 6.45) is 3.45. The molecule has 1 fully saturated rings. The van der Waals surface area contributed by atoms with Crippen molar-refractivity contribution in [3.8, 4) is 0 Å². The van der Waals surface area contributed by atoms with Gasteiger partial charge in [-0.05, 0) is 0 Å². The minimum atomic E-state index is -0.0793. The van der Waals surface area contributed by atoms with Gasteiger partial charge in [0.05, 0.1) is 31.1 Å². The standard InChI is InChI=1S/C8H11N3O2/c1-6(12)10-7-2-9-11(3-7)8-4-13-5-8/h2-3,8H,4-5H2,1H3,(H,10,12). The minimum Gasteiger partial charge on any atom is -0.377 e. The van der Waals surface area contributed by atoms with Crippen molar-refractivity contribution < 1.29 is 9.53 Å². The quantitative estimate of drug-likeness (QED) is 0.719. The fourth-order valence-electron chi connectivity index (χ4n) is 1.18. The summed E-state index contributed by atoms with van der Waals surface area (Å²) in [6.45, 7) is 2.90. The monoisotopic (exact) mass is 181 g/mol. The second-order valence-corrected chi connectivity index (χ2v) is 3.08. The number of hydrogen-bond acceptors (Lipinski definition) is 3. The number of carbonyl (C=O) groups excluding carboxylic acids is 1. The highest BCUT2D eigenvalue weighted by atomic mass is 16.5. The molecule has 2 heterocycles. The van der Waals surface area contributed by atoms with Crippen LogP contribution in [0.2, 0.25) is 0 Å². The molecule has 0 unspecified atom stereocenters. The molecule has 1 saturated heterocycles. The van der Waals surface area contributed by atoms with E-state index in [4.69, 9.17) is 4.74 Å². The Bertz CT molecular complexity index is 317. The fraction of sp³-hybridized carbons (Fsp3) is 0.500. The Morgan fingerprint density at radius 3 is 3.08 bits per heavy atom. The second-order valence-electron chi connectivity index (χ2n) is 3.08. The zero-order valence-corrected chi connectivity index (χ0v) is 7.36. The molecule has 70 valence electrons. The number of anilines is 1. The van der Waals surface area contributed by atoms with Gasteiger partial charge < -0.3 is 10.1 Å². The van der Waals surface area contributed by atoms with E-state index in [2.05, 4.69) is 10.4 Å². The van der Waals surface area contributed by atoms with Crippen LogP contribution in [0.4, 0.5) is 5.69 Å². The van der Waals surface area contributed by atoms with Gasteiger partial charge in [-0.25, -0.2) is 0 Å². The van der Waals surface area contributed by atoms with Gasteiger partial charge in [0.25, 0.3) is 0 Å². The van der Waals surface area contributed by atoms with Gasteiger partial charge in [0, 0.05) is 13.1 Å². The molecular formula is C8H11N3O2. The largest absolute Gasteiger partial charge is 0.377 e. The van der Waals surface area contributed by atoms with Crippen molar-refractivity contribution in [3.63, 3.8) is 0 Å². The maximum absolute atomic E-state index is 10.7. The Hall–Kier alpha value is -1.36. The second kappa shape index (κ2) is 3.18. The number of hydrogen-bond donors (Lipinski definition) is 1. The van der Waals surface area contributed by atoms with E-state index < -0.39 is 0 Å². The van der Waals surface area contributed by atoms with Crippen molar-refractivity contribution in [2.24, 2.45) is 0 Å². The van der Waals surface area contributed by atoms with Crippen molar-refractivity contribution in [1.29, 1.82) is 0 Å². The Kier molecular flexibility index (Phi) is 2.02. The zero-order valence-electron chi connectivity index (χ0n) is 7.36. The number of amides is 1. The molecule has 1 aromatic rings. The van der Waals surface area contributed by atoms with Gasteiger partial charge in [-0.15, -0.1) is 0 Å². The molecule has 0 bridgehead atoms. The maximum atomic E-state index is 10.7. The van der Waals surface area contributed by atoms with E-state index in [0.29, 0.717) is 19.3 Å². The van der Waals surface area contributed by atoms with E-state index in [1.807, 2.05) is 10.9 Å². The molecule has 1 aliphatic heterocycles. The molecule has 5 heteroatoms. The van der Waals surface area contributed by atoms with E-state index in [1.54, 1.807) is 6.20 Å². The van der Waals surface area contributed by atoms with Crippen LogP contribution in [0, 0.1) is 0 Å². The SMILES string of the molecule is CC(=O)Nc1cnn(C2COC2)c1. The average molecular weight is 181 g/mol. The Morgan fingerprint density at radius 2 is 2.54 bits per heavy atom. The summed E-state index contributed by atoms with van der Waals surface area (Å²) < 4.78 is 6.85. The number of aromatic nitrogens is 2. The van der Waals surface area contributed by atoms with Crippen LogP contribution >= 0.6 is 0 Å². The first-order valence-corrected chi connectivity index (χ1v) is 4.15. The molecule has 5 nitrogen and oxygen atoms in total. The first kappa shape index (κ1) is 8.25. The highest BCUT2D eigenvalue weighted by Gasteiger charge is 2.20. The molecule has 1 amide bonds. The van der Waals surface area contributed by atoms with Crippen LogP contribution in [0.25, 0.3) is 0 Å². The average Bonchev–Trinajstić information content (AvgIpc) is 2.31. The van der Waals surface area contributed by atoms with Crippen LogP contribution in [-0.4, -0.2) is 28.9 Å². The topological polar surface area (TPSA) is 56.2 Å². The number of rotatable bonds is 2. The highest BCUT2D eigenvalue weighted by molar-refractivity contribution is 5.88. The van der Waals surface area contributed by atoms with Gasteiger partial charge in [0.2, 0.25) is 5.91 Å². The predicted octanol–water partition coefficient (Wildman–Crippen LogP) is 0.413. The molecule has 1 aromatic heterocycles. The van der Waals surface area contributed by atoms with Crippen molar-refractivity contribution in [2.45, 2.75) is 13.0 Å². The summed E-state index contributed by atoms with van der Waals surface area (Å²) in [7, 11) is 0. The molecule has 0 aliphatic carbocycles.